The average Bonchev–Trinajstić information content (AvgIpc) is 3.02. The minimum Gasteiger partial charge on any atom is -0.508 e. The minimum absolute atomic E-state index is 0.0328. The van der Waals surface area contributed by atoms with E-state index in [9.17, 15) is 15.0 Å². The Balaban J connectivity index is 1.67. The number of hydrogen-bond acceptors (Lipinski definition) is 6. The number of carbonyl (C=O) groups is 1. The van der Waals surface area contributed by atoms with Gasteiger partial charge in [-0.25, -0.2) is 9.78 Å². The summed E-state index contributed by atoms with van der Waals surface area (Å²) in [5.41, 5.74) is 1.24. The molecule has 0 atom stereocenters. The second-order valence-electron chi connectivity index (χ2n) is 4.79. The van der Waals surface area contributed by atoms with Crippen LogP contribution in [-0.2, 0) is 11.3 Å². The summed E-state index contributed by atoms with van der Waals surface area (Å²) in [5.74, 6) is -0.765. The van der Waals surface area contributed by atoms with E-state index in [0.29, 0.717) is 11.6 Å². The van der Waals surface area contributed by atoms with Gasteiger partial charge in [-0.05, 0) is 24.3 Å². The first-order valence-corrected chi connectivity index (χ1v) is 6.82. The van der Waals surface area contributed by atoms with Gasteiger partial charge < -0.3 is 19.4 Å². The standard InChI is InChI=1S/C17H13NO5/c19-13-6-7-14(15(20)8-13)17(21)23-10-12-9-22-16(18-12)11-4-2-1-3-5-11/h1-9,19-20H,10H2. The van der Waals surface area contributed by atoms with E-state index >= 15 is 0 Å². The van der Waals surface area contributed by atoms with E-state index in [4.69, 9.17) is 9.15 Å². The van der Waals surface area contributed by atoms with Gasteiger partial charge in [-0.3, -0.25) is 0 Å². The summed E-state index contributed by atoms with van der Waals surface area (Å²) in [4.78, 5) is 16.1. The highest BCUT2D eigenvalue weighted by molar-refractivity contribution is 5.92. The highest BCUT2D eigenvalue weighted by Gasteiger charge is 2.14. The van der Waals surface area contributed by atoms with Crippen molar-refractivity contribution in [1.82, 2.24) is 4.98 Å². The third-order valence-corrected chi connectivity index (χ3v) is 3.12. The molecule has 0 aliphatic heterocycles. The van der Waals surface area contributed by atoms with Crippen LogP contribution in [0.4, 0.5) is 0 Å². The first-order valence-electron chi connectivity index (χ1n) is 6.82. The molecular formula is C17H13NO5. The minimum atomic E-state index is -0.716. The molecule has 0 bridgehead atoms. The summed E-state index contributed by atoms with van der Waals surface area (Å²) < 4.78 is 10.4. The Morgan fingerprint density at radius 3 is 2.65 bits per heavy atom. The number of aromatic hydroxyl groups is 2. The average molecular weight is 311 g/mol. The van der Waals surface area contributed by atoms with Gasteiger partial charge in [0, 0.05) is 11.6 Å². The highest BCUT2D eigenvalue weighted by Crippen LogP contribution is 2.24. The Morgan fingerprint density at radius 1 is 1.13 bits per heavy atom. The molecule has 116 valence electrons. The predicted octanol–water partition coefficient (Wildman–Crippen LogP) is 3.11. The molecule has 0 saturated carbocycles. The van der Waals surface area contributed by atoms with Gasteiger partial charge in [-0.15, -0.1) is 0 Å². The zero-order chi connectivity index (χ0) is 16.2. The number of esters is 1. The van der Waals surface area contributed by atoms with E-state index in [2.05, 4.69) is 4.98 Å². The number of oxazole rings is 1. The van der Waals surface area contributed by atoms with Crippen molar-refractivity contribution in [3.63, 3.8) is 0 Å². The third-order valence-electron chi connectivity index (χ3n) is 3.12. The van der Waals surface area contributed by atoms with Crippen LogP contribution < -0.4 is 0 Å². The van der Waals surface area contributed by atoms with Gasteiger partial charge in [0.1, 0.15) is 35.6 Å². The predicted molar refractivity (Wildman–Crippen MR) is 80.8 cm³/mol. The number of benzene rings is 2. The third kappa shape index (κ3) is 3.32. The molecule has 0 unspecified atom stereocenters. The topological polar surface area (TPSA) is 92.8 Å². The molecule has 23 heavy (non-hydrogen) atoms. The summed E-state index contributed by atoms with van der Waals surface area (Å²) in [6.45, 7) is -0.0878. The molecule has 6 heteroatoms. The van der Waals surface area contributed by atoms with E-state index in [-0.39, 0.29) is 23.7 Å². The lowest BCUT2D eigenvalue weighted by molar-refractivity contribution is 0.0464. The smallest absolute Gasteiger partial charge is 0.342 e. The van der Waals surface area contributed by atoms with Crippen molar-refractivity contribution < 1.29 is 24.2 Å². The monoisotopic (exact) mass is 311 g/mol. The normalized spacial score (nSPS) is 10.4. The lowest BCUT2D eigenvalue weighted by atomic mass is 10.2. The largest absolute Gasteiger partial charge is 0.508 e. The van der Waals surface area contributed by atoms with Crippen LogP contribution in [0.15, 0.2) is 59.2 Å². The number of ether oxygens (including phenoxy) is 1. The molecule has 0 saturated heterocycles. The fraction of sp³-hybridized carbons (Fsp3) is 0.0588. The van der Waals surface area contributed by atoms with Gasteiger partial charge in [-0.1, -0.05) is 18.2 Å². The summed E-state index contributed by atoms with van der Waals surface area (Å²) in [6, 6.07) is 13.0. The number of rotatable bonds is 4. The number of aromatic nitrogens is 1. The summed E-state index contributed by atoms with van der Waals surface area (Å²) in [6.07, 6.45) is 1.41. The quantitative estimate of drug-likeness (QED) is 0.719. The van der Waals surface area contributed by atoms with Crippen molar-refractivity contribution in [2.75, 3.05) is 0 Å². The van der Waals surface area contributed by atoms with Gasteiger partial charge >= 0.3 is 5.97 Å². The second kappa shape index (κ2) is 6.23. The van der Waals surface area contributed by atoms with Crippen molar-refractivity contribution in [1.29, 1.82) is 0 Å². The van der Waals surface area contributed by atoms with Crippen molar-refractivity contribution >= 4 is 5.97 Å². The summed E-state index contributed by atoms with van der Waals surface area (Å²) >= 11 is 0. The number of phenolic OH excluding ortho intramolecular Hbond substituents is 2. The Bertz CT molecular complexity index is 826. The maximum absolute atomic E-state index is 11.9. The van der Waals surface area contributed by atoms with E-state index in [1.54, 1.807) is 0 Å². The Hall–Kier alpha value is -3.28. The summed E-state index contributed by atoms with van der Waals surface area (Å²) in [5, 5.41) is 18.8. The van der Waals surface area contributed by atoms with Crippen LogP contribution in [0.25, 0.3) is 11.5 Å². The maximum Gasteiger partial charge on any atom is 0.342 e. The molecule has 0 spiro atoms. The Morgan fingerprint density at radius 2 is 1.91 bits per heavy atom. The molecule has 3 aromatic rings. The maximum atomic E-state index is 11.9. The van der Waals surface area contributed by atoms with Gasteiger partial charge in [0.25, 0.3) is 0 Å². The van der Waals surface area contributed by atoms with Crippen LogP contribution in [0.1, 0.15) is 16.1 Å². The zero-order valence-electron chi connectivity index (χ0n) is 12.0. The number of phenols is 2. The lowest BCUT2D eigenvalue weighted by Crippen LogP contribution is -2.05. The van der Waals surface area contributed by atoms with E-state index in [0.717, 1.165) is 11.6 Å². The molecule has 0 aliphatic rings. The molecule has 6 nitrogen and oxygen atoms in total. The Labute approximate surface area is 131 Å². The first-order chi connectivity index (χ1) is 11.1. The van der Waals surface area contributed by atoms with Crippen molar-refractivity contribution in [3.8, 4) is 23.0 Å². The molecule has 2 aromatic carbocycles. The molecule has 0 radical (unpaired) electrons. The van der Waals surface area contributed by atoms with Gasteiger partial charge in [0.05, 0.1) is 0 Å². The molecule has 3 rings (SSSR count). The van der Waals surface area contributed by atoms with Crippen LogP contribution in [0.5, 0.6) is 11.5 Å². The van der Waals surface area contributed by atoms with Crippen LogP contribution in [-0.4, -0.2) is 21.2 Å². The van der Waals surface area contributed by atoms with Crippen LogP contribution in [0.2, 0.25) is 0 Å². The number of carbonyl (C=O) groups excluding carboxylic acids is 1. The molecular weight excluding hydrogens is 298 g/mol. The second-order valence-corrected chi connectivity index (χ2v) is 4.79. The van der Waals surface area contributed by atoms with Gasteiger partial charge in [-0.2, -0.15) is 0 Å². The van der Waals surface area contributed by atoms with Crippen molar-refractivity contribution in [2.45, 2.75) is 6.61 Å². The van der Waals surface area contributed by atoms with Crippen molar-refractivity contribution in [3.05, 3.63) is 66.1 Å². The fourth-order valence-electron chi connectivity index (χ4n) is 2.00. The molecule has 0 fully saturated rings. The molecule has 0 aliphatic carbocycles. The molecule has 1 aromatic heterocycles. The van der Waals surface area contributed by atoms with E-state index < -0.39 is 5.97 Å². The van der Waals surface area contributed by atoms with Gasteiger partial charge in [0.2, 0.25) is 5.89 Å². The van der Waals surface area contributed by atoms with Crippen LogP contribution >= 0.6 is 0 Å². The number of nitrogens with zero attached hydrogens (tertiary/aromatic N) is 1. The van der Waals surface area contributed by atoms with Crippen LogP contribution in [0, 0.1) is 0 Å². The molecule has 1 heterocycles. The zero-order valence-corrected chi connectivity index (χ0v) is 12.0. The fourth-order valence-corrected chi connectivity index (χ4v) is 2.00. The number of hydrogen-bond donors (Lipinski definition) is 2. The van der Waals surface area contributed by atoms with E-state index in [1.165, 1.54) is 18.4 Å². The van der Waals surface area contributed by atoms with Crippen LogP contribution in [0.3, 0.4) is 0 Å². The Kier molecular flexibility index (Phi) is 3.97. The first kappa shape index (κ1) is 14.6. The molecule has 0 amide bonds. The van der Waals surface area contributed by atoms with Gasteiger partial charge in [0.15, 0.2) is 0 Å². The highest BCUT2D eigenvalue weighted by atomic mass is 16.5. The lowest BCUT2D eigenvalue weighted by Gasteiger charge is -2.04. The SMILES string of the molecule is O=C(OCc1coc(-c2ccccc2)n1)c1ccc(O)cc1O. The van der Waals surface area contributed by atoms with Crippen molar-refractivity contribution in [2.24, 2.45) is 0 Å². The summed E-state index contributed by atoms with van der Waals surface area (Å²) in [7, 11) is 0. The van der Waals surface area contributed by atoms with E-state index in [1.807, 2.05) is 30.3 Å². The molecule has 2 N–H and O–H groups in total.